The summed E-state index contributed by atoms with van der Waals surface area (Å²) < 4.78 is 5.82. The molecule has 0 heterocycles. The molecule has 0 radical (unpaired) electrons. The SMILES string of the molecule is c1ccc(CCOc2ccc(CNCc3ccccc3)cc2)cc1. The second kappa shape index (κ2) is 8.90. The van der Waals surface area contributed by atoms with Crippen LogP contribution in [0.1, 0.15) is 16.7 Å². The summed E-state index contributed by atoms with van der Waals surface area (Å²) >= 11 is 0. The highest BCUT2D eigenvalue weighted by molar-refractivity contribution is 5.27. The van der Waals surface area contributed by atoms with Crippen molar-refractivity contribution in [2.24, 2.45) is 0 Å². The van der Waals surface area contributed by atoms with E-state index in [1.807, 2.05) is 24.3 Å². The number of benzene rings is 3. The Morgan fingerprint density at radius 2 is 1.12 bits per heavy atom. The van der Waals surface area contributed by atoms with Crippen molar-refractivity contribution in [2.45, 2.75) is 19.5 Å². The van der Waals surface area contributed by atoms with Crippen molar-refractivity contribution < 1.29 is 4.74 Å². The largest absolute Gasteiger partial charge is 0.493 e. The molecule has 0 aromatic heterocycles. The number of hydrogen-bond acceptors (Lipinski definition) is 2. The minimum atomic E-state index is 0.704. The van der Waals surface area contributed by atoms with Crippen LogP contribution in [0.15, 0.2) is 84.9 Å². The van der Waals surface area contributed by atoms with Crippen LogP contribution < -0.4 is 10.1 Å². The lowest BCUT2D eigenvalue weighted by atomic mass is 10.2. The fraction of sp³-hybridized carbons (Fsp3) is 0.182. The summed E-state index contributed by atoms with van der Waals surface area (Å²) in [6.07, 6.45) is 0.932. The van der Waals surface area contributed by atoms with Crippen LogP contribution in [0.5, 0.6) is 5.75 Å². The maximum Gasteiger partial charge on any atom is 0.119 e. The molecule has 0 aliphatic rings. The van der Waals surface area contributed by atoms with Crippen LogP contribution in [0, 0.1) is 0 Å². The zero-order chi connectivity index (χ0) is 16.5. The lowest BCUT2D eigenvalue weighted by Gasteiger charge is -2.08. The van der Waals surface area contributed by atoms with Gasteiger partial charge < -0.3 is 10.1 Å². The third-order valence-corrected chi connectivity index (χ3v) is 3.93. The first-order valence-electron chi connectivity index (χ1n) is 8.40. The highest BCUT2D eigenvalue weighted by Crippen LogP contribution is 2.13. The Morgan fingerprint density at radius 3 is 1.75 bits per heavy atom. The Hall–Kier alpha value is -2.58. The van der Waals surface area contributed by atoms with E-state index in [1.165, 1.54) is 16.7 Å². The number of nitrogens with one attached hydrogen (secondary N) is 1. The lowest BCUT2D eigenvalue weighted by molar-refractivity contribution is 0.322. The zero-order valence-corrected chi connectivity index (χ0v) is 13.8. The lowest BCUT2D eigenvalue weighted by Crippen LogP contribution is -2.12. The van der Waals surface area contributed by atoms with Crippen molar-refractivity contribution in [3.63, 3.8) is 0 Å². The molecule has 0 aliphatic heterocycles. The van der Waals surface area contributed by atoms with E-state index in [-0.39, 0.29) is 0 Å². The van der Waals surface area contributed by atoms with Gasteiger partial charge in [-0.15, -0.1) is 0 Å². The molecule has 0 spiro atoms. The smallest absolute Gasteiger partial charge is 0.119 e. The molecule has 122 valence electrons. The van der Waals surface area contributed by atoms with E-state index < -0.39 is 0 Å². The number of ether oxygens (including phenoxy) is 1. The molecule has 0 unspecified atom stereocenters. The fourth-order valence-electron chi connectivity index (χ4n) is 2.58. The predicted octanol–water partition coefficient (Wildman–Crippen LogP) is 4.60. The molecular weight excluding hydrogens is 294 g/mol. The number of hydrogen-bond donors (Lipinski definition) is 1. The van der Waals surface area contributed by atoms with E-state index in [0.717, 1.165) is 25.3 Å². The Bertz CT molecular complexity index is 643. The van der Waals surface area contributed by atoms with Crippen molar-refractivity contribution in [2.75, 3.05) is 6.61 Å². The second-order valence-corrected chi connectivity index (χ2v) is 5.82. The van der Waals surface area contributed by atoms with E-state index in [9.17, 15) is 0 Å². The van der Waals surface area contributed by atoms with Gasteiger partial charge in [-0.1, -0.05) is 72.8 Å². The van der Waals surface area contributed by atoms with Gasteiger partial charge >= 0.3 is 0 Å². The molecule has 2 heteroatoms. The van der Waals surface area contributed by atoms with E-state index in [4.69, 9.17) is 4.74 Å². The van der Waals surface area contributed by atoms with Gasteiger partial charge in [-0.25, -0.2) is 0 Å². The highest BCUT2D eigenvalue weighted by atomic mass is 16.5. The standard InChI is InChI=1S/C22H23NO/c1-3-7-19(8-4-1)15-16-24-22-13-11-21(12-14-22)18-23-17-20-9-5-2-6-10-20/h1-14,23H,15-18H2. The second-order valence-electron chi connectivity index (χ2n) is 5.82. The highest BCUT2D eigenvalue weighted by Gasteiger charge is 1.98. The molecule has 1 N–H and O–H groups in total. The van der Waals surface area contributed by atoms with Gasteiger partial charge in [-0.2, -0.15) is 0 Å². The van der Waals surface area contributed by atoms with Crippen LogP contribution in [0.4, 0.5) is 0 Å². The summed E-state index contributed by atoms with van der Waals surface area (Å²) in [5.41, 5.74) is 3.87. The van der Waals surface area contributed by atoms with Gasteiger partial charge in [0.15, 0.2) is 0 Å². The Balaban J connectivity index is 1.40. The predicted molar refractivity (Wildman–Crippen MR) is 99.1 cm³/mol. The van der Waals surface area contributed by atoms with Crippen LogP contribution in [0.2, 0.25) is 0 Å². The van der Waals surface area contributed by atoms with Crippen LogP contribution >= 0.6 is 0 Å². The van der Waals surface area contributed by atoms with Gasteiger partial charge in [0.25, 0.3) is 0 Å². The molecule has 0 aliphatic carbocycles. The molecule has 3 rings (SSSR count). The van der Waals surface area contributed by atoms with E-state index in [1.54, 1.807) is 0 Å². The number of rotatable bonds is 8. The minimum Gasteiger partial charge on any atom is -0.493 e. The van der Waals surface area contributed by atoms with Gasteiger partial charge in [-0.3, -0.25) is 0 Å². The maximum atomic E-state index is 5.82. The molecule has 24 heavy (non-hydrogen) atoms. The van der Waals surface area contributed by atoms with E-state index in [2.05, 4.69) is 66.0 Å². The average Bonchev–Trinajstić information content (AvgIpc) is 2.65. The van der Waals surface area contributed by atoms with Crippen molar-refractivity contribution in [1.29, 1.82) is 0 Å². The Morgan fingerprint density at radius 1 is 0.583 bits per heavy atom. The quantitative estimate of drug-likeness (QED) is 0.655. The van der Waals surface area contributed by atoms with Gasteiger partial charge in [0, 0.05) is 19.5 Å². The zero-order valence-electron chi connectivity index (χ0n) is 13.8. The topological polar surface area (TPSA) is 21.3 Å². The van der Waals surface area contributed by atoms with Crippen molar-refractivity contribution in [1.82, 2.24) is 5.32 Å². The van der Waals surface area contributed by atoms with Crippen LogP contribution in [0.25, 0.3) is 0 Å². The fourth-order valence-corrected chi connectivity index (χ4v) is 2.58. The van der Waals surface area contributed by atoms with E-state index in [0.29, 0.717) is 6.61 Å². The molecular formula is C22H23NO. The third-order valence-electron chi connectivity index (χ3n) is 3.93. The molecule has 0 saturated carbocycles. The van der Waals surface area contributed by atoms with Crippen molar-refractivity contribution >= 4 is 0 Å². The summed E-state index contributed by atoms with van der Waals surface area (Å²) in [5.74, 6) is 0.928. The summed E-state index contributed by atoms with van der Waals surface area (Å²) in [6, 6.07) is 29.2. The molecule has 0 amide bonds. The van der Waals surface area contributed by atoms with Crippen LogP contribution in [-0.4, -0.2) is 6.61 Å². The molecule has 0 fully saturated rings. The monoisotopic (exact) mass is 317 g/mol. The van der Waals surface area contributed by atoms with Crippen molar-refractivity contribution in [3.05, 3.63) is 102 Å². The maximum absolute atomic E-state index is 5.82. The molecule has 2 nitrogen and oxygen atoms in total. The Kier molecular flexibility index (Phi) is 6.04. The first-order chi connectivity index (χ1) is 11.9. The van der Waals surface area contributed by atoms with Gasteiger partial charge in [0.1, 0.15) is 5.75 Å². The summed E-state index contributed by atoms with van der Waals surface area (Å²) in [5, 5.41) is 3.46. The summed E-state index contributed by atoms with van der Waals surface area (Å²) in [6.45, 7) is 2.45. The van der Waals surface area contributed by atoms with Gasteiger partial charge in [0.2, 0.25) is 0 Å². The summed E-state index contributed by atoms with van der Waals surface area (Å²) in [4.78, 5) is 0. The molecule has 3 aromatic rings. The molecule has 0 atom stereocenters. The Labute approximate surface area is 144 Å². The summed E-state index contributed by atoms with van der Waals surface area (Å²) in [7, 11) is 0. The van der Waals surface area contributed by atoms with Crippen LogP contribution in [-0.2, 0) is 19.5 Å². The average molecular weight is 317 g/mol. The van der Waals surface area contributed by atoms with E-state index >= 15 is 0 Å². The third kappa shape index (κ3) is 5.25. The van der Waals surface area contributed by atoms with Gasteiger partial charge in [0.05, 0.1) is 6.61 Å². The first kappa shape index (κ1) is 16.3. The molecule has 3 aromatic carbocycles. The minimum absolute atomic E-state index is 0.704. The first-order valence-corrected chi connectivity index (χ1v) is 8.40. The normalized spacial score (nSPS) is 10.5. The van der Waals surface area contributed by atoms with Crippen molar-refractivity contribution in [3.8, 4) is 5.75 Å². The molecule has 0 bridgehead atoms. The van der Waals surface area contributed by atoms with Gasteiger partial charge in [-0.05, 0) is 28.8 Å². The van der Waals surface area contributed by atoms with Crippen LogP contribution in [0.3, 0.4) is 0 Å². The molecule has 0 saturated heterocycles.